The lowest BCUT2D eigenvalue weighted by Crippen LogP contribution is -2.45. The molecule has 1 aromatic carbocycles. The van der Waals surface area contributed by atoms with E-state index in [0.717, 1.165) is 43.0 Å². The van der Waals surface area contributed by atoms with E-state index in [9.17, 15) is 5.11 Å². The predicted molar refractivity (Wildman–Crippen MR) is 126 cm³/mol. The molecule has 0 spiro atoms. The second kappa shape index (κ2) is 11.6. The van der Waals surface area contributed by atoms with Crippen molar-refractivity contribution in [2.45, 2.75) is 39.0 Å². The van der Waals surface area contributed by atoms with Gasteiger partial charge in [-0.2, -0.15) is 0 Å². The van der Waals surface area contributed by atoms with Crippen LogP contribution in [0, 0.1) is 5.41 Å². The van der Waals surface area contributed by atoms with Crippen molar-refractivity contribution >= 4 is 45.9 Å². The molecule has 0 saturated carbocycles. The summed E-state index contributed by atoms with van der Waals surface area (Å²) in [4.78, 5) is 4.82. The summed E-state index contributed by atoms with van der Waals surface area (Å²) in [6.45, 7) is 10.4. The van der Waals surface area contributed by atoms with Gasteiger partial charge in [0.05, 0.1) is 13.2 Å². The van der Waals surface area contributed by atoms with Crippen LogP contribution in [0.1, 0.15) is 39.2 Å². The maximum absolute atomic E-state index is 9.39. The molecule has 0 aliphatic carbocycles. The standard InChI is InChI=1S/C20H32BrN3O2.HI/c1-4-22-18(24-14-20(8-10-25)9-11-26-15-20)23-13-19(2,3)16-6-5-7-17(21)12-16;/h5-7,12,25H,4,8-11,13-15H2,1-3H3,(H2,22,23,24);1H. The number of aliphatic hydroxyl groups excluding tert-OH is 1. The van der Waals surface area contributed by atoms with Crippen LogP contribution in [-0.2, 0) is 10.2 Å². The fraction of sp³-hybridized carbons (Fsp3) is 0.650. The fourth-order valence-electron chi connectivity index (χ4n) is 3.20. The van der Waals surface area contributed by atoms with Gasteiger partial charge in [-0.25, -0.2) is 0 Å². The van der Waals surface area contributed by atoms with E-state index >= 15 is 0 Å². The quantitative estimate of drug-likeness (QED) is 0.261. The Hall–Kier alpha value is -0.380. The van der Waals surface area contributed by atoms with Crippen molar-refractivity contribution in [1.29, 1.82) is 0 Å². The van der Waals surface area contributed by atoms with Gasteiger partial charge in [0.25, 0.3) is 0 Å². The Bertz CT molecular complexity index is 605. The maximum atomic E-state index is 9.39. The van der Waals surface area contributed by atoms with Crippen molar-refractivity contribution in [2.24, 2.45) is 10.4 Å². The lowest BCUT2D eigenvalue weighted by molar-refractivity contribution is 0.127. The summed E-state index contributed by atoms with van der Waals surface area (Å²) in [5.74, 6) is 0.819. The Morgan fingerprint density at radius 3 is 2.74 bits per heavy atom. The molecule has 1 heterocycles. The molecule has 5 nitrogen and oxygen atoms in total. The first-order chi connectivity index (χ1) is 12.4. The Labute approximate surface area is 188 Å². The third-order valence-electron chi connectivity index (χ3n) is 5.04. The zero-order valence-corrected chi connectivity index (χ0v) is 20.5. The molecule has 3 N–H and O–H groups in total. The van der Waals surface area contributed by atoms with Crippen molar-refractivity contribution in [2.75, 3.05) is 39.5 Å². The normalized spacial score (nSPS) is 20.3. The number of rotatable bonds is 8. The monoisotopic (exact) mass is 553 g/mol. The molecule has 0 aromatic heterocycles. The van der Waals surface area contributed by atoms with Gasteiger partial charge in [0.15, 0.2) is 5.96 Å². The smallest absolute Gasteiger partial charge is 0.191 e. The molecule has 154 valence electrons. The molecule has 27 heavy (non-hydrogen) atoms. The van der Waals surface area contributed by atoms with Crippen LogP contribution in [0.15, 0.2) is 33.7 Å². The molecule has 0 radical (unpaired) electrons. The van der Waals surface area contributed by atoms with Crippen LogP contribution >= 0.6 is 39.9 Å². The van der Waals surface area contributed by atoms with Gasteiger partial charge in [-0.3, -0.25) is 4.99 Å². The van der Waals surface area contributed by atoms with E-state index in [-0.39, 0.29) is 41.4 Å². The average molecular weight is 554 g/mol. The molecule has 0 bridgehead atoms. The number of nitrogens with one attached hydrogen (secondary N) is 2. The number of guanidine groups is 1. The SMILES string of the molecule is CCNC(=NCC(C)(C)c1cccc(Br)c1)NCC1(CCO)CCOC1.I. The molecular weight excluding hydrogens is 521 g/mol. The molecule has 1 aromatic rings. The molecule has 1 saturated heterocycles. The average Bonchev–Trinajstić information content (AvgIpc) is 3.07. The minimum absolute atomic E-state index is 0. The Kier molecular flexibility index (Phi) is 10.6. The lowest BCUT2D eigenvalue weighted by Gasteiger charge is -2.28. The van der Waals surface area contributed by atoms with Gasteiger partial charge >= 0.3 is 0 Å². The number of hydrogen-bond donors (Lipinski definition) is 3. The summed E-state index contributed by atoms with van der Waals surface area (Å²) in [7, 11) is 0. The highest BCUT2D eigenvalue weighted by Crippen LogP contribution is 2.31. The highest BCUT2D eigenvalue weighted by molar-refractivity contribution is 14.0. The van der Waals surface area contributed by atoms with E-state index in [1.54, 1.807) is 0 Å². The number of ether oxygens (including phenoxy) is 1. The van der Waals surface area contributed by atoms with Crippen LogP contribution in [0.2, 0.25) is 0 Å². The maximum Gasteiger partial charge on any atom is 0.191 e. The first-order valence-corrected chi connectivity index (χ1v) is 10.2. The number of aliphatic imine (C=N–C) groups is 1. The summed E-state index contributed by atoms with van der Waals surface area (Å²) < 4.78 is 6.66. The third kappa shape index (κ3) is 7.51. The largest absolute Gasteiger partial charge is 0.396 e. The van der Waals surface area contributed by atoms with E-state index in [2.05, 4.69) is 65.5 Å². The van der Waals surface area contributed by atoms with Gasteiger partial charge in [0.1, 0.15) is 0 Å². The van der Waals surface area contributed by atoms with E-state index in [0.29, 0.717) is 13.2 Å². The predicted octanol–water partition coefficient (Wildman–Crippen LogP) is 3.69. The van der Waals surface area contributed by atoms with E-state index in [1.165, 1.54) is 5.56 Å². The van der Waals surface area contributed by atoms with Crippen LogP contribution in [0.4, 0.5) is 0 Å². The molecule has 1 unspecified atom stereocenters. The molecule has 2 rings (SSSR count). The van der Waals surface area contributed by atoms with E-state index in [4.69, 9.17) is 9.73 Å². The van der Waals surface area contributed by atoms with Crippen LogP contribution in [0.5, 0.6) is 0 Å². The zero-order chi connectivity index (χ0) is 19.0. The van der Waals surface area contributed by atoms with Gasteiger partial charge in [0, 0.05) is 41.6 Å². The molecule has 1 atom stereocenters. The summed E-state index contributed by atoms with van der Waals surface area (Å²) >= 11 is 3.55. The van der Waals surface area contributed by atoms with Crippen molar-refractivity contribution in [1.82, 2.24) is 10.6 Å². The summed E-state index contributed by atoms with van der Waals surface area (Å²) in [5.41, 5.74) is 1.20. The molecule has 1 fully saturated rings. The van der Waals surface area contributed by atoms with Gasteiger partial charge in [0.2, 0.25) is 0 Å². The van der Waals surface area contributed by atoms with Gasteiger partial charge in [-0.05, 0) is 37.5 Å². The Balaban J connectivity index is 0.00000364. The van der Waals surface area contributed by atoms with Crippen LogP contribution in [-0.4, -0.2) is 50.5 Å². The summed E-state index contributed by atoms with van der Waals surface area (Å²) in [6.07, 6.45) is 1.73. The Morgan fingerprint density at radius 1 is 1.37 bits per heavy atom. The minimum atomic E-state index is -0.0641. The first kappa shape index (κ1) is 24.7. The van der Waals surface area contributed by atoms with Crippen molar-refractivity contribution in [3.8, 4) is 0 Å². The van der Waals surface area contributed by atoms with Crippen LogP contribution < -0.4 is 10.6 Å². The molecule has 1 aliphatic rings. The highest BCUT2D eigenvalue weighted by Gasteiger charge is 2.34. The lowest BCUT2D eigenvalue weighted by atomic mass is 9.84. The number of benzene rings is 1. The fourth-order valence-corrected chi connectivity index (χ4v) is 3.60. The molecule has 7 heteroatoms. The molecular formula is C20H33BrIN3O2. The number of aliphatic hydroxyl groups is 1. The van der Waals surface area contributed by atoms with Gasteiger partial charge in [-0.15, -0.1) is 24.0 Å². The number of hydrogen-bond acceptors (Lipinski definition) is 3. The van der Waals surface area contributed by atoms with Crippen molar-refractivity contribution in [3.63, 3.8) is 0 Å². The zero-order valence-electron chi connectivity index (χ0n) is 16.6. The second-order valence-electron chi connectivity index (χ2n) is 7.72. The van der Waals surface area contributed by atoms with Crippen molar-refractivity contribution in [3.05, 3.63) is 34.3 Å². The van der Waals surface area contributed by atoms with E-state index in [1.807, 2.05) is 6.07 Å². The Morgan fingerprint density at radius 2 is 2.15 bits per heavy atom. The molecule has 0 amide bonds. The summed E-state index contributed by atoms with van der Waals surface area (Å²) in [5, 5.41) is 16.2. The second-order valence-corrected chi connectivity index (χ2v) is 8.63. The van der Waals surface area contributed by atoms with Crippen LogP contribution in [0.3, 0.4) is 0 Å². The van der Waals surface area contributed by atoms with Crippen molar-refractivity contribution < 1.29 is 9.84 Å². The highest BCUT2D eigenvalue weighted by atomic mass is 127. The summed E-state index contributed by atoms with van der Waals surface area (Å²) in [6, 6.07) is 8.40. The van der Waals surface area contributed by atoms with Gasteiger partial charge < -0.3 is 20.5 Å². The van der Waals surface area contributed by atoms with Gasteiger partial charge in [-0.1, -0.05) is 41.9 Å². The molecule has 1 aliphatic heterocycles. The van der Waals surface area contributed by atoms with Crippen LogP contribution in [0.25, 0.3) is 0 Å². The topological polar surface area (TPSA) is 65.9 Å². The first-order valence-electron chi connectivity index (χ1n) is 9.38. The third-order valence-corrected chi connectivity index (χ3v) is 5.53. The number of halogens is 2. The van der Waals surface area contributed by atoms with E-state index < -0.39 is 0 Å². The minimum Gasteiger partial charge on any atom is -0.396 e. The number of nitrogens with zero attached hydrogens (tertiary/aromatic N) is 1.